The average molecular weight is 218 g/mol. The van der Waals surface area contributed by atoms with E-state index in [4.69, 9.17) is 10.8 Å². The zero-order chi connectivity index (χ0) is 11.7. The van der Waals surface area contributed by atoms with E-state index in [0.717, 1.165) is 10.9 Å². The van der Waals surface area contributed by atoms with Gasteiger partial charge in [-0.2, -0.15) is 0 Å². The molecule has 1 aromatic carbocycles. The maximum Gasteiger partial charge on any atom is 0.322 e. The first-order chi connectivity index (χ1) is 7.59. The predicted octanol–water partition coefficient (Wildman–Crippen LogP) is 1.36. The van der Waals surface area contributed by atoms with Crippen LogP contribution >= 0.6 is 0 Å². The molecule has 1 unspecified atom stereocenters. The lowest BCUT2D eigenvalue weighted by Crippen LogP contribution is -2.34. The number of benzene rings is 1. The Morgan fingerprint density at radius 2 is 2.25 bits per heavy atom. The summed E-state index contributed by atoms with van der Waals surface area (Å²) in [5.74, 6) is -0.977. The number of nitrogens with zero attached hydrogens (tertiary/aromatic N) is 1. The van der Waals surface area contributed by atoms with Crippen LogP contribution < -0.4 is 5.73 Å². The summed E-state index contributed by atoms with van der Waals surface area (Å²) < 4.78 is 1.88. The van der Waals surface area contributed by atoms with Crippen LogP contribution in [0.5, 0.6) is 0 Å². The lowest BCUT2D eigenvalue weighted by Gasteiger charge is -2.09. The van der Waals surface area contributed by atoms with Crippen molar-refractivity contribution in [2.45, 2.75) is 19.5 Å². The van der Waals surface area contributed by atoms with Crippen molar-refractivity contribution in [2.75, 3.05) is 0 Å². The summed E-state index contributed by atoms with van der Waals surface area (Å²) in [6.07, 6.45) is 1.88. The van der Waals surface area contributed by atoms with E-state index in [1.54, 1.807) is 0 Å². The number of carboxylic acids is 1. The lowest BCUT2D eigenvalue weighted by atomic mass is 10.1. The summed E-state index contributed by atoms with van der Waals surface area (Å²) in [6, 6.07) is 7.08. The highest BCUT2D eigenvalue weighted by Crippen LogP contribution is 2.19. The highest BCUT2D eigenvalue weighted by molar-refractivity contribution is 5.83. The SMILES string of the molecule is Cc1cccc2c1ccn2CC(N)C(=O)O. The highest BCUT2D eigenvalue weighted by Gasteiger charge is 2.13. The fourth-order valence-corrected chi connectivity index (χ4v) is 1.83. The minimum absolute atomic E-state index is 0.294. The van der Waals surface area contributed by atoms with Crippen molar-refractivity contribution in [3.63, 3.8) is 0 Å². The number of aromatic nitrogens is 1. The number of aliphatic carboxylic acids is 1. The summed E-state index contributed by atoms with van der Waals surface area (Å²) in [7, 11) is 0. The molecule has 0 radical (unpaired) electrons. The molecule has 0 aliphatic rings. The Labute approximate surface area is 93.3 Å². The summed E-state index contributed by atoms with van der Waals surface area (Å²) in [6.45, 7) is 2.33. The van der Waals surface area contributed by atoms with Gasteiger partial charge in [0.15, 0.2) is 0 Å². The van der Waals surface area contributed by atoms with E-state index in [2.05, 4.69) is 0 Å². The van der Waals surface area contributed by atoms with Crippen molar-refractivity contribution >= 4 is 16.9 Å². The van der Waals surface area contributed by atoms with E-state index in [1.165, 1.54) is 5.56 Å². The van der Waals surface area contributed by atoms with Crippen LogP contribution in [0, 0.1) is 6.92 Å². The van der Waals surface area contributed by atoms with Crippen LogP contribution in [0.1, 0.15) is 5.56 Å². The van der Waals surface area contributed by atoms with Gasteiger partial charge in [0.25, 0.3) is 0 Å². The molecule has 0 fully saturated rings. The van der Waals surface area contributed by atoms with Gasteiger partial charge in [0, 0.05) is 23.6 Å². The van der Waals surface area contributed by atoms with Crippen molar-refractivity contribution in [2.24, 2.45) is 5.73 Å². The van der Waals surface area contributed by atoms with Gasteiger partial charge in [-0.1, -0.05) is 12.1 Å². The first-order valence-electron chi connectivity index (χ1n) is 5.12. The van der Waals surface area contributed by atoms with Gasteiger partial charge in [-0.15, -0.1) is 0 Å². The lowest BCUT2D eigenvalue weighted by molar-refractivity contribution is -0.138. The highest BCUT2D eigenvalue weighted by atomic mass is 16.4. The number of aryl methyl sites for hydroxylation is 1. The normalized spacial score (nSPS) is 12.9. The topological polar surface area (TPSA) is 68.2 Å². The van der Waals surface area contributed by atoms with Gasteiger partial charge in [0.2, 0.25) is 0 Å². The molecule has 0 amide bonds. The number of carbonyl (C=O) groups is 1. The molecule has 2 aromatic rings. The number of hydrogen-bond donors (Lipinski definition) is 2. The minimum atomic E-state index is -0.977. The van der Waals surface area contributed by atoms with E-state index in [1.807, 2.05) is 42.0 Å². The van der Waals surface area contributed by atoms with Gasteiger partial charge in [-0.05, 0) is 24.6 Å². The summed E-state index contributed by atoms with van der Waals surface area (Å²) in [4.78, 5) is 10.7. The molecular weight excluding hydrogens is 204 g/mol. The molecule has 0 saturated heterocycles. The van der Waals surface area contributed by atoms with Crippen LogP contribution in [-0.4, -0.2) is 21.7 Å². The molecule has 1 heterocycles. The van der Waals surface area contributed by atoms with Crippen LogP contribution in [-0.2, 0) is 11.3 Å². The summed E-state index contributed by atoms with van der Waals surface area (Å²) in [5, 5.41) is 9.91. The third-order valence-electron chi connectivity index (χ3n) is 2.74. The second kappa shape index (κ2) is 3.98. The van der Waals surface area contributed by atoms with Crippen LogP contribution in [0.15, 0.2) is 30.5 Å². The van der Waals surface area contributed by atoms with Crippen LogP contribution in [0.3, 0.4) is 0 Å². The van der Waals surface area contributed by atoms with Gasteiger partial charge in [-0.3, -0.25) is 4.79 Å². The van der Waals surface area contributed by atoms with Crippen LogP contribution in [0.2, 0.25) is 0 Å². The molecule has 0 spiro atoms. The molecule has 1 atom stereocenters. The fraction of sp³-hybridized carbons (Fsp3) is 0.250. The Bertz CT molecular complexity index is 531. The van der Waals surface area contributed by atoms with Gasteiger partial charge < -0.3 is 15.4 Å². The Balaban J connectivity index is 2.39. The monoisotopic (exact) mass is 218 g/mol. The van der Waals surface area contributed by atoms with Crippen molar-refractivity contribution in [3.8, 4) is 0 Å². The largest absolute Gasteiger partial charge is 0.480 e. The van der Waals surface area contributed by atoms with E-state index < -0.39 is 12.0 Å². The van der Waals surface area contributed by atoms with Crippen LogP contribution in [0.25, 0.3) is 10.9 Å². The Morgan fingerprint density at radius 1 is 1.50 bits per heavy atom. The van der Waals surface area contributed by atoms with Gasteiger partial charge in [0.05, 0.1) is 0 Å². The molecule has 0 aliphatic carbocycles. The number of nitrogens with two attached hydrogens (primary N) is 1. The Kier molecular flexibility index (Phi) is 2.66. The van der Waals surface area contributed by atoms with E-state index in [-0.39, 0.29) is 0 Å². The molecule has 4 nitrogen and oxygen atoms in total. The van der Waals surface area contributed by atoms with Crippen molar-refractivity contribution in [3.05, 3.63) is 36.0 Å². The third kappa shape index (κ3) is 1.79. The quantitative estimate of drug-likeness (QED) is 0.817. The zero-order valence-corrected chi connectivity index (χ0v) is 9.05. The molecule has 2 rings (SSSR count). The molecule has 84 valence electrons. The molecule has 1 aromatic heterocycles. The van der Waals surface area contributed by atoms with E-state index in [0.29, 0.717) is 6.54 Å². The van der Waals surface area contributed by atoms with Crippen LogP contribution in [0.4, 0.5) is 0 Å². The molecule has 4 heteroatoms. The van der Waals surface area contributed by atoms with E-state index >= 15 is 0 Å². The van der Waals surface area contributed by atoms with Crippen molar-refractivity contribution in [1.82, 2.24) is 4.57 Å². The van der Waals surface area contributed by atoms with Gasteiger partial charge in [0.1, 0.15) is 6.04 Å². The Morgan fingerprint density at radius 3 is 2.94 bits per heavy atom. The van der Waals surface area contributed by atoms with Crippen molar-refractivity contribution < 1.29 is 9.90 Å². The van der Waals surface area contributed by atoms with Gasteiger partial charge >= 0.3 is 5.97 Å². The molecular formula is C12H14N2O2. The predicted molar refractivity (Wildman–Crippen MR) is 62.3 cm³/mol. The maximum absolute atomic E-state index is 10.7. The standard InChI is InChI=1S/C12H14N2O2/c1-8-3-2-4-11-9(8)5-6-14(11)7-10(13)12(15)16/h2-6,10H,7,13H2,1H3,(H,15,16). The molecule has 0 bridgehead atoms. The minimum Gasteiger partial charge on any atom is -0.480 e. The fourth-order valence-electron chi connectivity index (χ4n) is 1.83. The first-order valence-corrected chi connectivity index (χ1v) is 5.12. The number of hydrogen-bond acceptors (Lipinski definition) is 2. The molecule has 16 heavy (non-hydrogen) atoms. The number of carboxylic acid groups (broad SMARTS) is 1. The van der Waals surface area contributed by atoms with Crippen molar-refractivity contribution in [1.29, 1.82) is 0 Å². The van der Waals surface area contributed by atoms with E-state index in [9.17, 15) is 4.79 Å². The number of rotatable bonds is 3. The Hall–Kier alpha value is -1.81. The summed E-state index contributed by atoms with van der Waals surface area (Å²) in [5.41, 5.74) is 7.72. The maximum atomic E-state index is 10.7. The average Bonchev–Trinajstić information content (AvgIpc) is 2.63. The summed E-state index contributed by atoms with van der Waals surface area (Å²) >= 11 is 0. The number of fused-ring (bicyclic) bond motifs is 1. The molecule has 3 N–H and O–H groups in total. The first kappa shape index (κ1) is 10.7. The second-order valence-corrected chi connectivity index (χ2v) is 3.92. The second-order valence-electron chi connectivity index (χ2n) is 3.92. The zero-order valence-electron chi connectivity index (χ0n) is 9.05. The smallest absolute Gasteiger partial charge is 0.322 e. The molecule has 0 aliphatic heterocycles. The molecule has 0 saturated carbocycles. The third-order valence-corrected chi connectivity index (χ3v) is 2.74. The van der Waals surface area contributed by atoms with Gasteiger partial charge in [-0.25, -0.2) is 0 Å².